The van der Waals surface area contributed by atoms with Crippen LogP contribution in [-0.4, -0.2) is 84.8 Å². The van der Waals surface area contributed by atoms with Crippen LogP contribution in [0.4, 0.5) is 5.69 Å². The van der Waals surface area contributed by atoms with Crippen LogP contribution >= 0.6 is 0 Å². The van der Waals surface area contributed by atoms with Crippen molar-refractivity contribution in [1.29, 1.82) is 0 Å². The molecule has 0 spiro atoms. The standard InChI is InChI=1S/C33H33N3O10S/c1-33(2)43-19-27-29(46-33)30-28(34(3)31(37)24-17-21(36(38)39)13-14-26(24)44-30)32(45-27)42-16-15-20-18-35(25-12-8-7-11-23(20)25)47(40,41)22-9-5-4-6-10-22/h4-14,17-18,27-30,32H,15-16,19H2,1-3H3/t27-,28-,29-,30-,32-/m1/s1. The number of nitrogens with zero attached hydrogens (tertiary/aromatic N) is 3. The number of rotatable bonds is 7. The van der Waals surface area contributed by atoms with Crippen molar-refractivity contribution >= 4 is 32.5 Å². The predicted octanol–water partition coefficient (Wildman–Crippen LogP) is 4.12. The van der Waals surface area contributed by atoms with Gasteiger partial charge in [0.05, 0.1) is 34.1 Å². The van der Waals surface area contributed by atoms with Gasteiger partial charge < -0.3 is 28.6 Å². The lowest BCUT2D eigenvalue weighted by Crippen LogP contribution is -2.69. The van der Waals surface area contributed by atoms with Crippen LogP contribution in [0.15, 0.2) is 83.9 Å². The Morgan fingerprint density at radius 1 is 1.04 bits per heavy atom. The summed E-state index contributed by atoms with van der Waals surface area (Å²) in [4.78, 5) is 26.3. The minimum atomic E-state index is -3.86. The Morgan fingerprint density at radius 2 is 1.79 bits per heavy atom. The van der Waals surface area contributed by atoms with Crippen LogP contribution in [-0.2, 0) is 35.4 Å². The molecule has 0 bridgehead atoms. The van der Waals surface area contributed by atoms with Crippen LogP contribution in [0.5, 0.6) is 5.75 Å². The molecule has 47 heavy (non-hydrogen) atoms. The van der Waals surface area contributed by atoms with E-state index in [1.54, 1.807) is 69.6 Å². The summed E-state index contributed by atoms with van der Waals surface area (Å²) in [6.45, 7) is 3.84. The number of likely N-dealkylation sites (N-methyl/N-ethyl adjacent to an activating group) is 1. The number of carbonyl (C=O) groups is 1. The van der Waals surface area contributed by atoms with E-state index in [2.05, 4.69) is 0 Å². The predicted molar refractivity (Wildman–Crippen MR) is 168 cm³/mol. The molecule has 1 amide bonds. The molecule has 4 heterocycles. The van der Waals surface area contributed by atoms with Crippen molar-refractivity contribution in [2.45, 2.75) is 61.6 Å². The van der Waals surface area contributed by atoms with Gasteiger partial charge >= 0.3 is 0 Å². The first-order valence-corrected chi connectivity index (χ1v) is 16.6. The Kier molecular flexibility index (Phi) is 7.80. The normalized spacial score (nSPS) is 25.3. The quantitative estimate of drug-likeness (QED) is 0.209. The van der Waals surface area contributed by atoms with Crippen molar-refractivity contribution in [2.24, 2.45) is 0 Å². The average molecular weight is 664 g/mol. The minimum absolute atomic E-state index is 0.0464. The third kappa shape index (κ3) is 5.55. The summed E-state index contributed by atoms with van der Waals surface area (Å²) in [6.07, 6.45) is -1.08. The largest absolute Gasteiger partial charge is 0.484 e. The fourth-order valence-electron chi connectivity index (χ4n) is 6.47. The van der Waals surface area contributed by atoms with E-state index in [0.717, 1.165) is 10.9 Å². The van der Waals surface area contributed by atoms with Crippen molar-refractivity contribution in [3.05, 3.63) is 100 Å². The van der Waals surface area contributed by atoms with E-state index in [-0.39, 0.29) is 35.1 Å². The molecule has 0 N–H and O–H groups in total. The van der Waals surface area contributed by atoms with Crippen molar-refractivity contribution in [3.8, 4) is 5.75 Å². The van der Waals surface area contributed by atoms with Crippen LogP contribution < -0.4 is 4.74 Å². The number of aromatic nitrogens is 1. The number of hydrogen-bond acceptors (Lipinski definition) is 10. The van der Waals surface area contributed by atoms with Gasteiger partial charge in [-0.15, -0.1) is 0 Å². The molecule has 3 aromatic carbocycles. The Morgan fingerprint density at radius 3 is 2.55 bits per heavy atom. The number of benzene rings is 3. The number of fused-ring (bicyclic) bond motifs is 5. The van der Waals surface area contributed by atoms with E-state index in [1.807, 2.05) is 12.1 Å². The van der Waals surface area contributed by atoms with Gasteiger partial charge in [0, 0.05) is 30.8 Å². The first-order valence-electron chi connectivity index (χ1n) is 15.2. The summed E-state index contributed by atoms with van der Waals surface area (Å²) in [5, 5.41) is 12.3. The Hall–Kier alpha value is -4.34. The van der Waals surface area contributed by atoms with Crippen molar-refractivity contribution in [3.63, 3.8) is 0 Å². The lowest BCUT2D eigenvalue weighted by atomic mass is 9.94. The summed E-state index contributed by atoms with van der Waals surface area (Å²) >= 11 is 0. The molecule has 0 aliphatic carbocycles. The summed E-state index contributed by atoms with van der Waals surface area (Å²) in [6, 6.07) is 18.6. The highest BCUT2D eigenvalue weighted by Crippen LogP contribution is 2.40. The van der Waals surface area contributed by atoms with Gasteiger partial charge in [-0.1, -0.05) is 36.4 Å². The molecule has 4 aromatic rings. The smallest absolute Gasteiger partial charge is 0.270 e. The van der Waals surface area contributed by atoms with Crippen molar-refractivity contribution in [2.75, 3.05) is 20.3 Å². The SMILES string of the molecule is CN1C(=O)c2cc([N+](=O)[O-])ccc2O[C@H]2[C@@H]3OC(C)(C)OC[C@H]3O[C@@H](OCCc3cn(S(=O)(=O)c4ccccc4)c4ccccc34)[C@@H]21. The van der Waals surface area contributed by atoms with Crippen molar-refractivity contribution in [1.82, 2.24) is 8.87 Å². The summed E-state index contributed by atoms with van der Waals surface area (Å²) < 4.78 is 59.7. The fraction of sp³-hybridized carbons (Fsp3) is 0.364. The van der Waals surface area contributed by atoms with Crippen molar-refractivity contribution < 1.29 is 41.8 Å². The second-order valence-corrected chi connectivity index (χ2v) is 14.0. The Labute approximate surface area is 270 Å². The number of nitro groups is 1. The number of ether oxygens (including phenoxy) is 5. The molecule has 5 atom stereocenters. The fourth-order valence-corrected chi connectivity index (χ4v) is 7.88. The highest BCUT2D eigenvalue weighted by atomic mass is 32.2. The molecule has 2 fully saturated rings. The minimum Gasteiger partial charge on any atom is -0.484 e. The van der Waals surface area contributed by atoms with Gasteiger partial charge in [0.15, 0.2) is 18.2 Å². The number of para-hydroxylation sites is 1. The van der Waals surface area contributed by atoms with E-state index >= 15 is 0 Å². The summed E-state index contributed by atoms with van der Waals surface area (Å²) in [5.41, 5.74) is 1.09. The van der Waals surface area contributed by atoms with Gasteiger partial charge in [-0.05, 0) is 50.1 Å². The lowest BCUT2D eigenvalue weighted by Gasteiger charge is -2.51. The summed E-state index contributed by atoms with van der Waals surface area (Å²) in [7, 11) is -2.29. The average Bonchev–Trinajstić information content (AvgIpc) is 3.39. The second kappa shape index (κ2) is 11.7. The van der Waals surface area contributed by atoms with E-state index in [0.29, 0.717) is 11.9 Å². The lowest BCUT2D eigenvalue weighted by molar-refractivity contribution is -0.384. The number of nitro benzene ring substituents is 1. The molecular weight excluding hydrogens is 630 g/mol. The molecule has 3 aliphatic rings. The van der Waals surface area contributed by atoms with E-state index < -0.39 is 57.3 Å². The number of non-ortho nitro benzene ring substituents is 1. The molecule has 14 heteroatoms. The first-order chi connectivity index (χ1) is 22.4. The molecule has 1 aromatic heterocycles. The van der Waals surface area contributed by atoms with Crippen LogP contribution in [0.1, 0.15) is 29.8 Å². The van der Waals surface area contributed by atoms with Gasteiger partial charge in [0.2, 0.25) is 0 Å². The van der Waals surface area contributed by atoms with Crippen LogP contribution in [0.2, 0.25) is 0 Å². The Balaban J connectivity index is 1.18. The maximum Gasteiger partial charge on any atom is 0.270 e. The highest BCUT2D eigenvalue weighted by Gasteiger charge is 2.56. The molecular formula is C33H33N3O10S. The number of hydrogen-bond donors (Lipinski definition) is 0. The molecule has 0 radical (unpaired) electrons. The van der Waals surface area contributed by atoms with Crippen LogP contribution in [0.3, 0.4) is 0 Å². The topological polar surface area (TPSA) is 149 Å². The maximum atomic E-state index is 13.7. The van der Waals surface area contributed by atoms with Gasteiger partial charge in [-0.3, -0.25) is 14.9 Å². The maximum absolute atomic E-state index is 13.7. The van der Waals surface area contributed by atoms with Gasteiger partial charge in [0.1, 0.15) is 24.0 Å². The molecule has 0 saturated carbocycles. The van der Waals surface area contributed by atoms with E-state index in [4.69, 9.17) is 23.7 Å². The molecule has 246 valence electrons. The second-order valence-electron chi connectivity index (χ2n) is 12.2. The third-order valence-electron chi connectivity index (χ3n) is 8.78. The summed E-state index contributed by atoms with van der Waals surface area (Å²) in [5.74, 6) is -1.25. The first kappa shape index (κ1) is 31.3. The zero-order chi connectivity index (χ0) is 33.1. The van der Waals surface area contributed by atoms with Gasteiger partial charge in [-0.2, -0.15) is 0 Å². The Bertz CT molecular complexity index is 1960. The van der Waals surface area contributed by atoms with E-state index in [1.165, 1.54) is 27.1 Å². The zero-order valence-electron chi connectivity index (χ0n) is 25.8. The highest BCUT2D eigenvalue weighted by molar-refractivity contribution is 7.90. The molecule has 13 nitrogen and oxygen atoms in total. The van der Waals surface area contributed by atoms with Gasteiger partial charge in [-0.25, -0.2) is 12.4 Å². The van der Waals surface area contributed by atoms with Crippen LogP contribution in [0, 0.1) is 10.1 Å². The van der Waals surface area contributed by atoms with Gasteiger partial charge in [0.25, 0.3) is 21.6 Å². The number of amides is 1. The molecule has 2 saturated heterocycles. The number of carbonyl (C=O) groups excluding carboxylic acids is 1. The third-order valence-corrected chi connectivity index (χ3v) is 10.5. The zero-order valence-corrected chi connectivity index (χ0v) is 26.7. The molecule has 3 aliphatic heterocycles. The van der Waals surface area contributed by atoms with E-state index in [9.17, 15) is 23.3 Å². The molecule has 7 rings (SSSR count). The monoisotopic (exact) mass is 663 g/mol. The molecule has 0 unspecified atom stereocenters. The van der Waals surface area contributed by atoms with Crippen LogP contribution in [0.25, 0.3) is 10.9 Å².